The van der Waals surface area contributed by atoms with Gasteiger partial charge in [-0.2, -0.15) is 5.10 Å². The van der Waals surface area contributed by atoms with E-state index in [1.54, 1.807) is 6.20 Å². The highest BCUT2D eigenvalue weighted by atomic mass is 15.1. The average molecular weight is 178 g/mol. The number of nitrogen functional groups attached to an aromatic ring is 1. The van der Waals surface area contributed by atoms with Gasteiger partial charge in [-0.3, -0.25) is 5.10 Å². The zero-order valence-corrected chi connectivity index (χ0v) is 8.13. The van der Waals surface area contributed by atoms with Gasteiger partial charge in [-0.1, -0.05) is 13.8 Å². The van der Waals surface area contributed by atoms with Crippen molar-refractivity contribution in [1.82, 2.24) is 15.2 Å². The molecule has 0 aliphatic carbocycles. The van der Waals surface area contributed by atoms with Crippen molar-refractivity contribution >= 4 is 16.7 Å². The van der Waals surface area contributed by atoms with Gasteiger partial charge in [0.1, 0.15) is 5.82 Å². The van der Waals surface area contributed by atoms with E-state index in [0.29, 0.717) is 5.82 Å². The maximum atomic E-state index is 5.63. The molecule has 4 heteroatoms. The first kappa shape index (κ1) is 9.51. The van der Waals surface area contributed by atoms with Gasteiger partial charge in [-0.05, 0) is 13.0 Å². The predicted molar refractivity (Wildman–Crippen MR) is 54.4 cm³/mol. The molecule has 0 spiro atoms. The van der Waals surface area contributed by atoms with Crippen LogP contribution in [0.1, 0.15) is 19.5 Å². The second-order valence-corrected chi connectivity index (χ2v) is 2.44. The van der Waals surface area contributed by atoms with Gasteiger partial charge in [0.15, 0.2) is 0 Å². The largest absolute Gasteiger partial charge is 0.383 e. The van der Waals surface area contributed by atoms with Gasteiger partial charge < -0.3 is 5.73 Å². The molecule has 2 heterocycles. The number of pyridine rings is 1. The quantitative estimate of drug-likeness (QED) is 0.647. The molecule has 0 aliphatic heterocycles. The Balaban J connectivity index is 0.000000396. The SMILES string of the molecule is CC.Cc1[nH]nc2ccnc(N)c12. The lowest BCUT2D eigenvalue weighted by molar-refractivity contribution is 1.07. The van der Waals surface area contributed by atoms with E-state index in [1.807, 2.05) is 26.8 Å². The summed E-state index contributed by atoms with van der Waals surface area (Å²) in [5.41, 5.74) is 7.46. The summed E-state index contributed by atoms with van der Waals surface area (Å²) >= 11 is 0. The number of nitrogens with one attached hydrogen (secondary N) is 1. The molecule has 0 radical (unpaired) electrons. The van der Waals surface area contributed by atoms with Gasteiger partial charge in [-0.25, -0.2) is 4.98 Å². The van der Waals surface area contributed by atoms with Crippen molar-refractivity contribution in [3.8, 4) is 0 Å². The summed E-state index contributed by atoms with van der Waals surface area (Å²) in [4.78, 5) is 3.96. The number of aromatic nitrogens is 3. The smallest absolute Gasteiger partial charge is 0.134 e. The molecule has 0 atom stereocenters. The first-order chi connectivity index (χ1) is 6.29. The highest BCUT2D eigenvalue weighted by Crippen LogP contribution is 2.18. The Morgan fingerprint density at radius 3 is 2.69 bits per heavy atom. The molecular weight excluding hydrogens is 164 g/mol. The minimum Gasteiger partial charge on any atom is -0.383 e. The summed E-state index contributed by atoms with van der Waals surface area (Å²) < 4.78 is 0. The zero-order valence-electron chi connectivity index (χ0n) is 8.13. The summed E-state index contributed by atoms with van der Waals surface area (Å²) in [5.74, 6) is 0.536. The fraction of sp³-hybridized carbons (Fsp3) is 0.333. The fourth-order valence-corrected chi connectivity index (χ4v) is 1.14. The molecule has 0 saturated heterocycles. The molecule has 0 unspecified atom stereocenters. The van der Waals surface area contributed by atoms with Crippen LogP contribution in [-0.4, -0.2) is 15.2 Å². The Morgan fingerprint density at radius 2 is 2.08 bits per heavy atom. The van der Waals surface area contributed by atoms with Crippen LogP contribution in [0.4, 0.5) is 5.82 Å². The summed E-state index contributed by atoms with van der Waals surface area (Å²) in [6.45, 7) is 5.92. The molecule has 2 rings (SSSR count). The van der Waals surface area contributed by atoms with E-state index in [2.05, 4.69) is 15.2 Å². The number of aromatic amines is 1. The molecule has 0 aromatic carbocycles. The molecule has 0 saturated carbocycles. The fourth-order valence-electron chi connectivity index (χ4n) is 1.14. The maximum absolute atomic E-state index is 5.63. The topological polar surface area (TPSA) is 67.6 Å². The summed E-state index contributed by atoms with van der Waals surface area (Å²) in [5, 5.41) is 7.81. The lowest BCUT2D eigenvalue weighted by Crippen LogP contribution is -1.89. The van der Waals surface area contributed by atoms with Gasteiger partial charge in [0.2, 0.25) is 0 Å². The van der Waals surface area contributed by atoms with E-state index in [9.17, 15) is 0 Å². The van der Waals surface area contributed by atoms with Gasteiger partial charge in [0.05, 0.1) is 10.9 Å². The highest BCUT2D eigenvalue weighted by molar-refractivity contribution is 5.89. The Morgan fingerprint density at radius 1 is 1.38 bits per heavy atom. The van der Waals surface area contributed by atoms with E-state index in [1.165, 1.54) is 0 Å². The summed E-state index contributed by atoms with van der Waals surface area (Å²) in [6, 6.07) is 1.83. The van der Waals surface area contributed by atoms with Gasteiger partial charge in [-0.15, -0.1) is 0 Å². The third kappa shape index (κ3) is 1.61. The van der Waals surface area contributed by atoms with Gasteiger partial charge >= 0.3 is 0 Å². The van der Waals surface area contributed by atoms with Crippen molar-refractivity contribution < 1.29 is 0 Å². The van der Waals surface area contributed by atoms with Crippen molar-refractivity contribution in [2.75, 3.05) is 5.73 Å². The number of H-pyrrole nitrogens is 1. The maximum Gasteiger partial charge on any atom is 0.134 e. The van der Waals surface area contributed by atoms with Crippen molar-refractivity contribution in [2.45, 2.75) is 20.8 Å². The van der Waals surface area contributed by atoms with Crippen LogP contribution in [0.15, 0.2) is 12.3 Å². The minimum absolute atomic E-state index is 0.536. The number of aryl methyl sites for hydroxylation is 1. The standard InChI is InChI=1S/C7H8N4.C2H6/c1-4-6-5(11-10-4)2-3-9-7(6)8;1-2/h2-3H,1H3,(H2,8,9)(H,10,11);1-2H3. The molecule has 4 nitrogen and oxygen atoms in total. The van der Waals surface area contributed by atoms with Crippen molar-refractivity contribution in [3.05, 3.63) is 18.0 Å². The lowest BCUT2D eigenvalue weighted by Gasteiger charge is -1.92. The number of anilines is 1. The minimum atomic E-state index is 0.536. The molecule has 13 heavy (non-hydrogen) atoms. The molecule has 3 N–H and O–H groups in total. The van der Waals surface area contributed by atoms with Crippen LogP contribution in [0, 0.1) is 6.92 Å². The molecule has 2 aromatic rings. The second-order valence-electron chi connectivity index (χ2n) is 2.44. The van der Waals surface area contributed by atoms with Gasteiger partial charge in [0, 0.05) is 11.9 Å². The van der Waals surface area contributed by atoms with E-state index >= 15 is 0 Å². The first-order valence-corrected chi connectivity index (χ1v) is 4.34. The number of nitrogens with zero attached hydrogens (tertiary/aromatic N) is 2. The molecule has 0 fully saturated rings. The molecule has 0 amide bonds. The van der Waals surface area contributed by atoms with Crippen LogP contribution in [0.3, 0.4) is 0 Å². The molecule has 0 aliphatic rings. The lowest BCUT2D eigenvalue weighted by atomic mass is 10.2. The number of nitrogens with two attached hydrogens (primary N) is 1. The predicted octanol–water partition coefficient (Wildman–Crippen LogP) is 1.87. The normalized spacial score (nSPS) is 9.46. The van der Waals surface area contributed by atoms with E-state index < -0.39 is 0 Å². The number of hydrogen-bond acceptors (Lipinski definition) is 3. The third-order valence-corrected chi connectivity index (χ3v) is 1.68. The van der Waals surface area contributed by atoms with E-state index in [-0.39, 0.29) is 0 Å². The van der Waals surface area contributed by atoms with E-state index in [0.717, 1.165) is 16.6 Å². The van der Waals surface area contributed by atoms with Crippen LogP contribution < -0.4 is 5.73 Å². The Labute approximate surface area is 77.2 Å². The van der Waals surface area contributed by atoms with Crippen LogP contribution in [0.2, 0.25) is 0 Å². The average Bonchev–Trinajstić information content (AvgIpc) is 2.53. The first-order valence-electron chi connectivity index (χ1n) is 4.34. The summed E-state index contributed by atoms with van der Waals surface area (Å²) in [6.07, 6.45) is 1.65. The van der Waals surface area contributed by atoms with Crippen molar-refractivity contribution in [1.29, 1.82) is 0 Å². The monoisotopic (exact) mass is 178 g/mol. The van der Waals surface area contributed by atoms with E-state index in [4.69, 9.17) is 5.73 Å². The third-order valence-electron chi connectivity index (χ3n) is 1.68. The number of rotatable bonds is 0. The second kappa shape index (κ2) is 3.89. The Hall–Kier alpha value is -1.58. The molecule has 0 bridgehead atoms. The molecule has 2 aromatic heterocycles. The van der Waals surface area contributed by atoms with Gasteiger partial charge in [0.25, 0.3) is 0 Å². The molecular formula is C9H14N4. The number of fused-ring (bicyclic) bond motifs is 1. The van der Waals surface area contributed by atoms with Crippen LogP contribution in [0.5, 0.6) is 0 Å². The van der Waals surface area contributed by atoms with Crippen LogP contribution in [0.25, 0.3) is 10.9 Å². The Bertz CT molecular complexity index is 391. The van der Waals surface area contributed by atoms with Crippen LogP contribution >= 0.6 is 0 Å². The van der Waals surface area contributed by atoms with Crippen molar-refractivity contribution in [2.24, 2.45) is 0 Å². The Kier molecular flexibility index (Phi) is 2.84. The highest BCUT2D eigenvalue weighted by Gasteiger charge is 2.03. The van der Waals surface area contributed by atoms with Crippen LogP contribution in [-0.2, 0) is 0 Å². The zero-order chi connectivity index (χ0) is 9.84. The number of hydrogen-bond donors (Lipinski definition) is 2. The summed E-state index contributed by atoms with van der Waals surface area (Å²) in [7, 11) is 0. The molecule has 70 valence electrons. The van der Waals surface area contributed by atoms with Crippen molar-refractivity contribution in [3.63, 3.8) is 0 Å².